The number of aryl methyl sites for hydroxylation is 1. The minimum Gasteiger partial charge on any atom is -0.371 e. The molecular formula is C37H36N2O5. The molecular weight excluding hydrogens is 552 g/mol. The van der Waals surface area contributed by atoms with Crippen molar-refractivity contribution in [2.24, 2.45) is 0 Å². The minimum atomic E-state index is -0.931. The zero-order valence-corrected chi connectivity index (χ0v) is 24.7. The van der Waals surface area contributed by atoms with Crippen LogP contribution in [0.25, 0.3) is 0 Å². The fourth-order valence-corrected chi connectivity index (χ4v) is 5.94. The van der Waals surface area contributed by atoms with Gasteiger partial charge in [0.05, 0.1) is 19.3 Å². The minimum absolute atomic E-state index is 0.188. The van der Waals surface area contributed by atoms with Gasteiger partial charge < -0.3 is 14.2 Å². The predicted molar refractivity (Wildman–Crippen MR) is 169 cm³/mol. The van der Waals surface area contributed by atoms with Gasteiger partial charge in [-0.15, -0.1) is 0 Å². The molecule has 7 nitrogen and oxygen atoms in total. The number of nitrogens with one attached hydrogen (secondary N) is 1. The van der Waals surface area contributed by atoms with Gasteiger partial charge >= 0.3 is 5.69 Å². The molecule has 6 rings (SSSR count). The van der Waals surface area contributed by atoms with Crippen LogP contribution in [0.2, 0.25) is 0 Å². The van der Waals surface area contributed by atoms with Crippen LogP contribution < -0.4 is 11.2 Å². The van der Waals surface area contributed by atoms with Gasteiger partial charge in [0, 0.05) is 18.2 Å². The fourth-order valence-electron chi connectivity index (χ4n) is 5.94. The highest BCUT2D eigenvalue weighted by Gasteiger charge is 2.43. The lowest BCUT2D eigenvalue weighted by Gasteiger charge is -2.37. The molecule has 0 radical (unpaired) electrons. The predicted octanol–water partition coefficient (Wildman–Crippen LogP) is 5.98. The van der Waals surface area contributed by atoms with E-state index < -0.39 is 23.6 Å². The van der Waals surface area contributed by atoms with Gasteiger partial charge in [0.25, 0.3) is 5.56 Å². The molecule has 1 aliphatic heterocycles. The summed E-state index contributed by atoms with van der Waals surface area (Å²) in [5.41, 5.74) is 2.70. The standard InChI is InChI=1S/C37H36N2O5/c1-2-28-24-39(36(41)38-35(28)40)34-23-32(42-25-27-15-7-3-8-16-27)33(44-34)26-43-37(29-17-9-4-10-18-29,30-19-11-5-12-20-30)31-21-13-6-14-22-31/h3-22,24,32-34H,2,23,25-26H2,1H3,(H,38,40,41)/t32?,33-,34-/m0/s1. The Morgan fingerprint density at radius 1 is 0.795 bits per heavy atom. The lowest BCUT2D eigenvalue weighted by Crippen LogP contribution is -2.38. The third-order valence-electron chi connectivity index (χ3n) is 8.23. The van der Waals surface area contributed by atoms with E-state index in [-0.39, 0.29) is 18.3 Å². The summed E-state index contributed by atoms with van der Waals surface area (Å²) in [5, 5.41) is 0. The summed E-state index contributed by atoms with van der Waals surface area (Å²) < 4.78 is 21.6. The second-order valence-corrected chi connectivity index (χ2v) is 11.0. The lowest BCUT2D eigenvalue weighted by atomic mass is 9.80. The average Bonchev–Trinajstić information content (AvgIpc) is 3.49. The SMILES string of the molecule is CCc1cn([C@@H]2CC(OCc3ccccc3)[C@H](COC(c3ccccc3)(c3ccccc3)c3ccccc3)O2)c(=O)[nH]c1=O. The quantitative estimate of drug-likeness (QED) is 0.192. The van der Waals surface area contributed by atoms with E-state index in [0.717, 1.165) is 22.3 Å². The Labute approximate surface area is 256 Å². The summed E-state index contributed by atoms with van der Waals surface area (Å²) in [6.45, 7) is 2.46. The van der Waals surface area contributed by atoms with Crippen molar-refractivity contribution in [2.45, 2.75) is 50.4 Å². The second kappa shape index (κ2) is 13.4. The van der Waals surface area contributed by atoms with Crippen molar-refractivity contribution in [3.63, 3.8) is 0 Å². The number of benzene rings is 4. The maximum atomic E-state index is 12.9. The molecule has 0 spiro atoms. The molecule has 0 bridgehead atoms. The van der Waals surface area contributed by atoms with Crippen LogP contribution in [0.5, 0.6) is 0 Å². The van der Waals surface area contributed by atoms with Crippen LogP contribution >= 0.6 is 0 Å². The van der Waals surface area contributed by atoms with Crippen LogP contribution in [0.15, 0.2) is 137 Å². The normalized spacial score (nSPS) is 18.3. The van der Waals surface area contributed by atoms with E-state index in [0.29, 0.717) is 25.0 Å². The maximum Gasteiger partial charge on any atom is 0.330 e. The number of aromatic amines is 1. The molecule has 0 saturated carbocycles. The van der Waals surface area contributed by atoms with Gasteiger partial charge in [-0.3, -0.25) is 14.3 Å². The number of hydrogen-bond donors (Lipinski definition) is 1. The maximum absolute atomic E-state index is 12.9. The van der Waals surface area contributed by atoms with E-state index in [4.69, 9.17) is 14.2 Å². The molecule has 1 saturated heterocycles. The molecule has 0 aliphatic carbocycles. The summed E-state index contributed by atoms with van der Waals surface area (Å²) in [4.78, 5) is 27.6. The second-order valence-electron chi connectivity index (χ2n) is 11.0. The monoisotopic (exact) mass is 588 g/mol. The molecule has 1 unspecified atom stereocenters. The Hall–Kier alpha value is -4.56. The van der Waals surface area contributed by atoms with Crippen LogP contribution in [0.4, 0.5) is 0 Å². The van der Waals surface area contributed by atoms with E-state index in [1.54, 1.807) is 6.20 Å². The molecule has 1 aliphatic rings. The van der Waals surface area contributed by atoms with Crippen molar-refractivity contribution in [1.29, 1.82) is 0 Å². The molecule has 5 aromatic rings. The molecule has 224 valence electrons. The van der Waals surface area contributed by atoms with Gasteiger partial charge in [0.1, 0.15) is 17.9 Å². The molecule has 2 heterocycles. The Morgan fingerprint density at radius 2 is 1.32 bits per heavy atom. The number of aromatic nitrogens is 2. The van der Waals surface area contributed by atoms with Crippen molar-refractivity contribution in [3.8, 4) is 0 Å². The topological polar surface area (TPSA) is 82.6 Å². The molecule has 1 aromatic heterocycles. The summed E-state index contributed by atoms with van der Waals surface area (Å²) in [5.74, 6) is 0. The zero-order valence-electron chi connectivity index (χ0n) is 24.7. The third kappa shape index (κ3) is 6.08. The van der Waals surface area contributed by atoms with Crippen molar-refractivity contribution < 1.29 is 14.2 Å². The first kappa shape index (κ1) is 29.5. The number of H-pyrrole nitrogens is 1. The van der Waals surface area contributed by atoms with Crippen molar-refractivity contribution in [1.82, 2.24) is 9.55 Å². The third-order valence-corrected chi connectivity index (χ3v) is 8.23. The number of nitrogens with zero attached hydrogens (tertiary/aromatic N) is 1. The number of ether oxygens (including phenoxy) is 3. The van der Waals surface area contributed by atoms with Gasteiger partial charge in [0.2, 0.25) is 0 Å². The van der Waals surface area contributed by atoms with E-state index in [9.17, 15) is 9.59 Å². The Balaban J connectivity index is 1.37. The van der Waals surface area contributed by atoms with Crippen molar-refractivity contribution >= 4 is 0 Å². The molecule has 7 heteroatoms. The fraction of sp³-hybridized carbons (Fsp3) is 0.243. The highest BCUT2D eigenvalue weighted by atomic mass is 16.6. The molecule has 44 heavy (non-hydrogen) atoms. The first-order valence-electron chi connectivity index (χ1n) is 15.0. The van der Waals surface area contributed by atoms with E-state index in [1.165, 1.54) is 4.57 Å². The van der Waals surface area contributed by atoms with Gasteiger partial charge in [-0.05, 0) is 28.7 Å². The largest absolute Gasteiger partial charge is 0.371 e. The van der Waals surface area contributed by atoms with Crippen molar-refractivity contribution in [3.05, 3.63) is 176 Å². The van der Waals surface area contributed by atoms with Crippen LogP contribution in [-0.4, -0.2) is 28.4 Å². The summed E-state index contributed by atoms with van der Waals surface area (Å²) >= 11 is 0. The number of rotatable bonds is 11. The smallest absolute Gasteiger partial charge is 0.330 e. The van der Waals surface area contributed by atoms with Crippen LogP contribution in [-0.2, 0) is 32.8 Å². The first-order valence-corrected chi connectivity index (χ1v) is 15.0. The molecule has 1 fully saturated rings. The Bertz CT molecular complexity index is 1660. The summed E-state index contributed by atoms with van der Waals surface area (Å²) in [6, 6.07) is 40.5. The average molecular weight is 589 g/mol. The summed E-state index contributed by atoms with van der Waals surface area (Å²) in [6.07, 6.45) is 1.03. The lowest BCUT2D eigenvalue weighted by molar-refractivity contribution is -0.106. The molecule has 1 N–H and O–H groups in total. The van der Waals surface area contributed by atoms with E-state index in [2.05, 4.69) is 41.4 Å². The van der Waals surface area contributed by atoms with Crippen LogP contribution in [0.3, 0.4) is 0 Å². The molecule has 4 aromatic carbocycles. The van der Waals surface area contributed by atoms with E-state index in [1.807, 2.05) is 91.9 Å². The zero-order chi connectivity index (χ0) is 30.4. The van der Waals surface area contributed by atoms with Gasteiger partial charge in [0.15, 0.2) is 0 Å². The Kier molecular flexibility index (Phi) is 8.98. The van der Waals surface area contributed by atoms with Gasteiger partial charge in [-0.25, -0.2) is 4.79 Å². The van der Waals surface area contributed by atoms with Gasteiger partial charge in [-0.2, -0.15) is 0 Å². The van der Waals surface area contributed by atoms with Crippen LogP contribution in [0.1, 0.15) is 47.4 Å². The highest BCUT2D eigenvalue weighted by molar-refractivity contribution is 5.47. The molecule has 0 amide bonds. The highest BCUT2D eigenvalue weighted by Crippen LogP contribution is 2.42. The number of hydrogen-bond acceptors (Lipinski definition) is 5. The first-order chi connectivity index (χ1) is 21.6. The summed E-state index contributed by atoms with van der Waals surface area (Å²) in [7, 11) is 0. The van der Waals surface area contributed by atoms with Crippen LogP contribution in [0, 0.1) is 0 Å². The Morgan fingerprint density at radius 3 is 1.84 bits per heavy atom. The molecule has 3 atom stereocenters. The van der Waals surface area contributed by atoms with E-state index >= 15 is 0 Å². The van der Waals surface area contributed by atoms with Gasteiger partial charge in [-0.1, -0.05) is 128 Å². The van der Waals surface area contributed by atoms with Crippen molar-refractivity contribution in [2.75, 3.05) is 6.61 Å².